The average molecular weight is 651 g/mol. The fourth-order valence-electron chi connectivity index (χ4n) is 5.60. The van der Waals surface area contributed by atoms with Crippen molar-refractivity contribution >= 4 is 40.9 Å². The van der Waals surface area contributed by atoms with Crippen molar-refractivity contribution in [2.45, 2.75) is 64.0 Å². The number of aryl methyl sites for hydroxylation is 1. The van der Waals surface area contributed by atoms with Gasteiger partial charge in [0, 0.05) is 38.9 Å². The molecule has 1 aliphatic carbocycles. The lowest BCUT2D eigenvalue weighted by Gasteiger charge is -2.32. The van der Waals surface area contributed by atoms with Gasteiger partial charge in [-0.2, -0.15) is 0 Å². The second-order valence-electron chi connectivity index (χ2n) is 12.2. The topological polar surface area (TPSA) is 87.7 Å². The maximum absolute atomic E-state index is 13.2. The van der Waals surface area contributed by atoms with Crippen molar-refractivity contribution in [2.24, 2.45) is 11.8 Å². The van der Waals surface area contributed by atoms with Crippen molar-refractivity contribution in [3.8, 4) is 5.75 Å². The summed E-state index contributed by atoms with van der Waals surface area (Å²) < 4.78 is 5.90. The smallest absolute Gasteiger partial charge is 0.242 e. The molecular formula is C36H41Cl2N3O4. The van der Waals surface area contributed by atoms with Gasteiger partial charge in [-0.3, -0.25) is 14.4 Å². The van der Waals surface area contributed by atoms with Crippen LogP contribution in [0.4, 0.5) is 0 Å². The van der Waals surface area contributed by atoms with E-state index in [0.717, 1.165) is 48.1 Å². The minimum atomic E-state index is -0.657. The van der Waals surface area contributed by atoms with Gasteiger partial charge in [0.25, 0.3) is 0 Å². The Morgan fingerprint density at radius 3 is 2.22 bits per heavy atom. The van der Waals surface area contributed by atoms with Gasteiger partial charge in [0.05, 0.1) is 10.0 Å². The maximum Gasteiger partial charge on any atom is 0.242 e. The van der Waals surface area contributed by atoms with Crippen molar-refractivity contribution in [1.82, 2.24) is 15.5 Å². The van der Waals surface area contributed by atoms with Crippen LogP contribution < -0.4 is 15.4 Å². The molecule has 3 amide bonds. The summed E-state index contributed by atoms with van der Waals surface area (Å²) in [5.74, 6) is 1.29. The molecule has 0 unspecified atom stereocenters. The number of hydrogen-bond donors (Lipinski definition) is 2. The van der Waals surface area contributed by atoms with E-state index in [4.69, 9.17) is 27.9 Å². The van der Waals surface area contributed by atoms with Gasteiger partial charge in [-0.1, -0.05) is 71.7 Å². The van der Waals surface area contributed by atoms with E-state index in [-0.39, 0.29) is 23.6 Å². The summed E-state index contributed by atoms with van der Waals surface area (Å²) in [5, 5.41) is 7.04. The highest BCUT2D eigenvalue weighted by atomic mass is 35.5. The number of rotatable bonds is 14. The molecular weight excluding hydrogens is 609 g/mol. The van der Waals surface area contributed by atoms with E-state index in [1.54, 1.807) is 12.1 Å². The number of piperidine rings is 1. The quantitative estimate of drug-likeness (QED) is 0.212. The molecule has 1 saturated heterocycles. The standard InChI is InChI=1S/C36H41Cl2N3O4/c37-31-14-10-25(20-32(31)38)11-15-35(43)41-18-16-27(17-19-41)22-34(42)40-33(36(44)39-23-28-6-7-28)21-26-8-12-30(13-9-26)45-24-29-4-2-1-3-5-29/h1-5,8-10,12-14,20,27-28,33H,6-7,11,15-19,21-24H2,(H,39,44)(H,40,42)/t33-/m0/s1. The fourth-order valence-corrected chi connectivity index (χ4v) is 5.92. The molecule has 1 heterocycles. The predicted molar refractivity (Wildman–Crippen MR) is 177 cm³/mol. The Kier molecular flexibility index (Phi) is 11.8. The van der Waals surface area contributed by atoms with Crippen molar-refractivity contribution < 1.29 is 19.1 Å². The van der Waals surface area contributed by atoms with Crippen LogP contribution in [-0.4, -0.2) is 48.3 Å². The molecule has 0 bridgehead atoms. The molecule has 3 aromatic carbocycles. The van der Waals surface area contributed by atoms with Crippen molar-refractivity contribution in [2.75, 3.05) is 19.6 Å². The number of ether oxygens (including phenoxy) is 1. The molecule has 2 aliphatic rings. The van der Waals surface area contributed by atoms with Crippen LogP contribution in [0.15, 0.2) is 72.8 Å². The summed E-state index contributed by atoms with van der Waals surface area (Å²) in [5.41, 5.74) is 3.02. The van der Waals surface area contributed by atoms with Gasteiger partial charge in [0.1, 0.15) is 18.4 Å². The van der Waals surface area contributed by atoms with Crippen LogP contribution >= 0.6 is 23.2 Å². The Labute approximate surface area is 275 Å². The highest BCUT2D eigenvalue weighted by Crippen LogP contribution is 2.28. The molecule has 9 heteroatoms. The van der Waals surface area contributed by atoms with E-state index in [0.29, 0.717) is 67.9 Å². The van der Waals surface area contributed by atoms with Crippen molar-refractivity contribution in [3.05, 3.63) is 99.5 Å². The zero-order chi connectivity index (χ0) is 31.6. The van der Waals surface area contributed by atoms with Crippen LogP contribution in [0.5, 0.6) is 5.75 Å². The largest absolute Gasteiger partial charge is 0.489 e. The third-order valence-corrected chi connectivity index (χ3v) is 9.32. The van der Waals surface area contributed by atoms with E-state index < -0.39 is 6.04 Å². The van der Waals surface area contributed by atoms with E-state index in [9.17, 15) is 14.4 Å². The minimum Gasteiger partial charge on any atom is -0.489 e. The predicted octanol–water partition coefficient (Wildman–Crippen LogP) is 6.39. The molecule has 0 radical (unpaired) electrons. The lowest BCUT2D eigenvalue weighted by Crippen LogP contribution is -2.49. The van der Waals surface area contributed by atoms with Crippen LogP contribution in [0.1, 0.15) is 55.2 Å². The number of benzene rings is 3. The molecule has 7 nitrogen and oxygen atoms in total. The van der Waals surface area contributed by atoms with Gasteiger partial charge in [-0.15, -0.1) is 0 Å². The number of amides is 3. The number of carbonyl (C=O) groups is 3. The molecule has 1 aliphatic heterocycles. The van der Waals surface area contributed by atoms with E-state index >= 15 is 0 Å². The SMILES string of the molecule is O=C(CC1CCN(C(=O)CCc2ccc(Cl)c(Cl)c2)CC1)N[C@@H](Cc1ccc(OCc2ccccc2)cc1)C(=O)NCC1CC1. The molecule has 1 atom stereocenters. The Morgan fingerprint density at radius 1 is 0.822 bits per heavy atom. The van der Waals surface area contributed by atoms with E-state index in [1.807, 2.05) is 65.6 Å². The molecule has 2 fully saturated rings. The summed E-state index contributed by atoms with van der Waals surface area (Å²) in [4.78, 5) is 41.0. The summed E-state index contributed by atoms with van der Waals surface area (Å²) in [6.45, 7) is 2.38. The van der Waals surface area contributed by atoms with Gasteiger partial charge < -0.3 is 20.3 Å². The van der Waals surface area contributed by atoms with E-state index in [1.165, 1.54) is 0 Å². The zero-order valence-electron chi connectivity index (χ0n) is 25.5. The molecule has 2 N–H and O–H groups in total. The minimum absolute atomic E-state index is 0.104. The Hall–Kier alpha value is -3.55. The number of carbonyl (C=O) groups excluding carboxylic acids is 3. The lowest BCUT2D eigenvalue weighted by atomic mass is 9.92. The Bertz CT molecular complexity index is 1440. The third-order valence-electron chi connectivity index (χ3n) is 8.58. The van der Waals surface area contributed by atoms with Crippen LogP contribution in [0, 0.1) is 11.8 Å². The summed E-state index contributed by atoms with van der Waals surface area (Å²) in [6.07, 6.45) is 5.53. The first-order valence-corrected chi connectivity index (χ1v) is 16.6. The second-order valence-corrected chi connectivity index (χ2v) is 13.0. The number of halogens is 2. The first kappa shape index (κ1) is 32.8. The van der Waals surface area contributed by atoms with Gasteiger partial charge in [-0.25, -0.2) is 0 Å². The van der Waals surface area contributed by atoms with E-state index in [2.05, 4.69) is 10.6 Å². The molecule has 45 heavy (non-hydrogen) atoms. The molecule has 3 aromatic rings. The highest BCUT2D eigenvalue weighted by molar-refractivity contribution is 6.42. The number of nitrogens with zero attached hydrogens (tertiary/aromatic N) is 1. The molecule has 1 saturated carbocycles. The molecule has 238 valence electrons. The van der Waals surface area contributed by atoms with Crippen LogP contribution in [-0.2, 0) is 33.8 Å². The average Bonchev–Trinajstić information content (AvgIpc) is 3.89. The summed E-state index contributed by atoms with van der Waals surface area (Å²) >= 11 is 12.1. The monoisotopic (exact) mass is 649 g/mol. The van der Waals surface area contributed by atoms with Crippen LogP contribution in [0.25, 0.3) is 0 Å². The third kappa shape index (κ3) is 10.5. The second kappa shape index (κ2) is 16.1. The first-order chi connectivity index (χ1) is 21.8. The summed E-state index contributed by atoms with van der Waals surface area (Å²) in [7, 11) is 0. The fraction of sp³-hybridized carbons (Fsp3) is 0.417. The Balaban J connectivity index is 1.08. The maximum atomic E-state index is 13.2. The van der Waals surface area contributed by atoms with Gasteiger partial charge in [-0.05, 0) is 84.9 Å². The van der Waals surface area contributed by atoms with Gasteiger partial charge >= 0.3 is 0 Å². The molecule has 0 aromatic heterocycles. The summed E-state index contributed by atoms with van der Waals surface area (Å²) in [6, 6.07) is 22.5. The zero-order valence-corrected chi connectivity index (χ0v) is 27.0. The number of hydrogen-bond acceptors (Lipinski definition) is 4. The molecule has 0 spiro atoms. The van der Waals surface area contributed by atoms with Gasteiger partial charge in [0.15, 0.2) is 0 Å². The lowest BCUT2D eigenvalue weighted by molar-refractivity contribution is -0.133. The highest BCUT2D eigenvalue weighted by Gasteiger charge is 2.28. The number of nitrogens with one attached hydrogen (secondary N) is 2. The Morgan fingerprint density at radius 2 is 1.53 bits per heavy atom. The first-order valence-electron chi connectivity index (χ1n) is 15.9. The van der Waals surface area contributed by atoms with Crippen molar-refractivity contribution in [3.63, 3.8) is 0 Å². The van der Waals surface area contributed by atoms with Crippen molar-refractivity contribution in [1.29, 1.82) is 0 Å². The van der Waals surface area contributed by atoms with Gasteiger partial charge in [0.2, 0.25) is 17.7 Å². The van der Waals surface area contributed by atoms with Crippen LogP contribution in [0.3, 0.4) is 0 Å². The number of likely N-dealkylation sites (tertiary alicyclic amines) is 1. The normalized spacial score (nSPS) is 15.7. The molecule has 5 rings (SSSR count). The van der Waals surface area contributed by atoms with Crippen LogP contribution in [0.2, 0.25) is 10.0 Å².